The van der Waals surface area contributed by atoms with E-state index in [2.05, 4.69) is 15.7 Å². The summed E-state index contributed by atoms with van der Waals surface area (Å²) in [5.74, 6) is -1.12. The summed E-state index contributed by atoms with van der Waals surface area (Å²) in [7, 11) is 3.29. The van der Waals surface area contributed by atoms with Gasteiger partial charge < -0.3 is 20.4 Å². The van der Waals surface area contributed by atoms with Crippen molar-refractivity contribution < 1.29 is 18.8 Å². The Morgan fingerprint density at radius 1 is 1.32 bits per heavy atom. The van der Waals surface area contributed by atoms with Gasteiger partial charge in [0.1, 0.15) is 17.6 Å². The fourth-order valence-corrected chi connectivity index (χ4v) is 4.02. The molecular formula is C20H22ClFN6O3. The molecule has 2 aromatic rings. The van der Waals surface area contributed by atoms with Crippen molar-refractivity contribution in [2.75, 3.05) is 26.0 Å². The van der Waals surface area contributed by atoms with Gasteiger partial charge in [-0.3, -0.25) is 14.3 Å². The molecule has 1 unspecified atom stereocenters. The smallest absolute Gasteiger partial charge is 0.322 e. The molecule has 9 nitrogen and oxygen atoms in total. The molecule has 3 heterocycles. The van der Waals surface area contributed by atoms with Crippen molar-refractivity contribution in [3.05, 3.63) is 46.0 Å². The van der Waals surface area contributed by atoms with E-state index in [4.69, 9.17) is 11.6 Å². The van der Waals surface area contributed by atoms with E-state index < -0.39 is 11.9 Å². The minimum atomic E-state index is -0.619. The van der Waals surface area contributed by atoms with Gasteiger partial charge in [0.15, 0.2) is 0 Å². The molecular weight excluding hydrogens is 427 g/mol. The number of aromatic nitrogens is 2. The maximum Gasteiger partial charge on any atom is 0.322 e. The number of amides is 4. The van der Waals surface area contributed by atoms with Crippen molar-refractivity contribution in [3.63, 3.8) is 0 Å². The Kier molecular flexibility index (Phi) is 5.57. The van der Waals surface area contributed by atoms with E-state index in [-0.39, 0.29) is 29.4 Å². The lowest BCUT2D eigenvalue weighted by atomic mass is 10.0. The van der Waals surface area contributed by atoms with Crippen molar-refractivity contribution in [1.29, 1.82) is 0 Å². The van der Waals surface area contributed by atoms with Gasteiger partial charge in [0.05, 0.1) is 17.3 Å². The van der Waals surface area contributed by atoms with Gasteiger partial charge in [-0.05, 0) is 24.6 Å². The Balaban J connectivity index is 1.52. The maximum atomic E-state index is 13.3. The van der Waals surface area contributed by atoms with E-state index in [1.54, 1.807) is 23.7 Å². The number of halogens is 2. The Labute approximate surface area is 183 Å². The van der Waals surface area contributed by atoms with Gasteiger partial charge in [-0.25, -0.2) is 9.18 Å². The highest BCUT2D eigenvalue weighted by Crippen LogP contribution is 2.26. The van der Waals surface area contributed by atoms with Crippen molar-refractivity contribution in [2.45, 2.75) is 32.0 Å². The van der Waals surface area contributed by atoms with E-state index in [1.165, 1.54) is 23.1 Å². The first-order valence-corrected chi connectivity index (χ1v) is 10.2. The molecule has 0 radical (unpaired) electrons. The largest absolute Gasteiger partial charge is 0.347 e. The third-order valence-corrected chi connectivity index (χ3v) is 5.74. The monoisotopic (exact) mass is 448 g/mol. The summed E-state index contributed by atoms with van der Waals surface area (Å²) >= 11 is 5.78. The molecule has 11 heteroatoms. The minimum Gasteiger partial charge on any atom is -0.347 e. The van der Waals surface area contributed by atoms with Crippen LogP contribution in [0.15, 0.2) is 18.2 Å². The normalized spacial score (nSPS) is 17.9. The number of nitrogens with one attached hydrogen (secondary N) is 2. The molecule has 0 saturated heterocycles. The Morgan fingerprint density at radius 3 is 2.81 bits per heavy atom. The molecule has 4 amide bonds. The van der Waals surface area contributed by atoms with Crippen LogP contribution in [0.25, 0.3) is 0 Å². The van der Waals surface area contributed by atoms with Crippen LogP contribution in [0.2, 0.25) is 5.02 Å². The van der Waals surface area contributed by atoms with Gasteiger partial charge >= 0.3 is 6.03 Å². The average molecular weight is 449 g/mol. The lowest BCUT2D eigenvalue weighted by molar-refractivity contribution is -0.130. The van der Waals surface area contributed by atoms with Crippen molar-refractivity contribution in [2.24, 2.45) is 0 Å². The summed E-state index contributed by atoms with van der Waals surface area (Å²) < 4.78 is 15.0. The van der Waals surface area contributed by atoms with Gasteiger partial charge in [-0.2, -0.15) is 5.10 Å². The Bertz CT molecular complexity index is 1070. The molecule has 0 bridgehead atoms. The fourth-order valence-electron chi connectivity index (χ4n) is 3.84. The summed E-state index contributed by atoms with van der Waals surface area (Å²) in [6.07, 6.45) is 0.937. The summed E-state index contributed by atoms with van der Waals surface area (Å²) in [5.41, 5.74) is 2.20. The first-order valence-electron chi connectivity index (χ1n) is 9.86. The highest BCUT2D eigenvalue weighted by molar-refractivity contribution is 6.31. The SMILES string of the molecule is CN(C)C(=O)C1CCn2nc3c(c2C(=O)N1)CN(C(=O)Nc1ccc(F)c(Cl)c1)CC3. The summed E-state index contributed by atoms with van der Waals surface area (Å²) in [5, 5.41) is 9.96. The number of benzene rings is 1. The van der Waals surface area contributed by atoms with E-state index in [0.717, 1.165) is 5.69 Å². The van der Waals surface area contributed by atoms with Gasteiger partial charge in [-0.15, -0.1) is 0 Å². The number of likely N-dealkylation sites (N-methyl/N-ethyl adjacent to an activating group) is 1. The highest BCUT2D eigenvalue weighted by atomic mass is 35.5. The van der Waals surface area contributed by atoms with Gasteiger partial charge in [0, 0.05) is 44.9 Å². The van der Waals surface area contributed by atoms with Crippen LogP contribution in [-0.2, 0) is 24.3 Å². The Hall–Kier alpha value is -3.14. The molecule has 1 atom stereocenters. The number of fused-ring (bicyclic) bond motifs is 3. The topological polar surface area (TPSA) is 99.6 Å². The lowest BCUT2D eigenvalue weighted by Crippen LogP contribution is -2.46. The zero-order chi connectivity index (χ0) is 22.3. The molecule has 0 fully saturated rings. The molecule has 1 aromatic heterocycles. The number of anilines is 1. The highest BCUT2D eigenvalue weighted by Gasteiger charge is 2.34. The van der Waals surface area contributed by atoms with Crippen LogP contribution >= 0.6 is 11.6 Å². The van der Waals surface area contributed by atoms with Crippen LogP contribution in [0, 0.1) is 5.82 Å². The summed E-state index contributed by atoms with van der Waals surface area (Å²) in [6.45, 7) is 1.05. The number of hydrogen-bond donors (Lipinski definition) is 2. The molecule has 0 aliphatic carbocycles. The first kappa shape index (κ1) is 21.1. The predicted molar refractivity (Wildman–Crippen MR) is 111 cm³/mol. The second-order valence-corrected chi connectivity index (χ2v) is 8.18. The van der Waals surface area contributed by atoms with Crippen molar-refractivity contribution >= 4 is 35.1 Å². The zero-order valence-electron chi connectivity index (χ0n) is 17.1. The van der Waals surface area contributed by atoms with E-state index in [0.29, 0.717) is 42.9 Å². The maximum absolute atomic E-state index is 13.3. The van der Waals surface area contributed by atoms with Crippen molar-refractivity contribution in [3.8, 4) is 0 Å². The quantitative estimate of drug-likeness (QED) is 0.732. The minimum absolute atomic E-state index is 0.0841. The molecule has 2 aliphatic rings. The Morgan fingerprint density at radius 2 is 2.10 bits per heavy atom. The predicted octanol–water partition coefficient (Wildman–Crippen LogP) is 1.86. The number of carbonyl (C=O) groups is 3. The zero-order valence-corrected chi connectivity index (χ0v) is 17.9. The number of urea groups is 1. The molecule has 0 spiro atoms. The molecule has 2 aliphatic heterocycles. The molecule has 164 valence electrons. The standard InChI is InChI=1S/C20H22ClFN6O3/c1-26(2)19(30)16-6-8-28-17(18(29)24-16)12-10-27(7-5-15(12)25-28)20(31)23-11-3-4-14(22)13(21)9-11/h3-4,9,16H,5-8,10H2,1-2H3,(H,23,31)(H,24,29). The van der Waals surface area contributed by atoms with Crippen LogP contribution < -0.4 is 10.6 Å². The fraction of sp³-hybridized carbons (Fsp3) is 0.400. The number of aryl methyl sites for hydroxylation is 1. The molecule has 1 aromatic carbocycles. The van der Waals surface area contributed by atoms with E-state index >= 15 is 0 Å². The van der Waals surface area contributed by atoms with E-state index in [9.17, 15) is 18.8 Å². The van der Waals surface area contributed by atoms with E-state index in [1.807, 2.05) is 0 Å². The van der Waals surface area contributed by atoms with Gasteiger partial charge in [0.25, 0.3) is 5.91 Å². The summed E-state index contributed by atoms with van der Waals surface area (Å²) in [4.78, 5) is 40.9. The second kappa shape index (κ2) is 8.18. The van der Waals surface area contributed by atoms with Gasteiger partial charge in [-0.1, -0.05) is 11.6 Å². The third-order valence-electron chi connectivity index (χ3n) is 5.45. The molecule has 2 N–H and O–H groups in total. The van der Waals surface area contributed by atoms with Crippen LogP contribution in [0.3, 0.4) is 0 Å². The average Bonchev–Trinajstić information content (AvgIpc) is 3.02. The summed E-state index contributed by atoms with van der Waals surface area (Å²) in [6, 6.07) is 2.94. The second-order valence-electron chi connectivity index (χ2n) is 7.77. The number of nitrogens with zero attached hydrogens (tertiary/aromatic N) is 4. The van der Waals surface area contributed by atoms with Crippen LogP contribution in [0.5, 0.6) is 0 Å². The lowest BCUT2D eigenvalue weighted by Gasteiger charge is -2.27. The van der Waals surface area contributed by atoms with Crippen molar-refractivity contribution in [1.82, 2.24) is 24.9 Å². The number of rotatable bonds is 2. The van der Waals surface area contributed by atoms with Gasteiger partial charge in [0.2, 0.25) is 5.91 Å². The molecule has 4 rings (SSSR count). The van der Waals surface area contributed by atoms with Crippen LogP contribution in [0.1, 0.15) is 28.2 Å². The van der Waals surface area contributed by atoms with Crippen LogP contribution in [-0.4, -0.2) is 64.1 Å². The first-order chi connectivity index (χ1) is 14.7. The third kappa shape index (κ3) is 4.07. The van der Waals surface area contributed by atoms with Crippen LogP contribution in [0.4, 0.5) is 14.9 Å². The molecule has 0 saturated carbocycles. The number of hydrogen-bond acceptors (Lipinski definition) is 4. The number of carbonyl (C=O) groups excluding carboxylic acids is 3. The molecule has 31 heavy (non-hydrogen) atoms.